The molecule has 0 spiro atoms. The van der Waals surface area contributed by atoms with Gasteiger partial charge in [0.2, 0.25) is 10.0 Å². The van der Waals surface area contributed by atoms with Gasteiger partial charge in [-0.1, -0.05) is 12.1 Å². The highest BCUT2D eigenvalue weighted by atomic mass is 32.2. The molecule has 1 N–H and O–H groups in total. The number of aryl methyl sites for hydroxylation is 1. The summed E-state index contributed by atoms with van der Waals surface area (Å²) in [6.45, 7) is 0.959. The molecule has 0 unspecified atom stereocenters. The van der Waals surface area contributed by atoms with Crippen molar-refractivity contribution in [2.24, 2.45) is 0 Å². The fourth-order valence-electron chi connectivity index (χ4n) is 1.34. The van der Waals surface area contributed by atoms with Crippen molar-refractivity contribution in [3.63, 3.8) is 0 Å². The number of halogens is 1. The van der Waals surface area contributed by atoms with Gasteiger partial charge in [-0.05, 0) is 24.1 Å². The Morgan fingerprint density at radius 2 is 2.06 bits per heavy atom. The Labute approximate surface area is 105 Å². The molecule has 0 radical (unpaired) electrons. The normalized spacial score (nSPS) is 11.8. The number of carboxylic acids is 1. The molecule has 0 aliphatic heterocycles. The molecule has 0 heterocycles. The number of rotatable bonds is 5. The van der Waals surface area contributed by atoms with Crippen molar-refractivity contribution in [1.82, 2.24) is 4.31 Å². The van der Waals surface area contributed by atoms with E-state index < -0.39 is 34.1 Å². The van der Waals surface area contributed by atoms with E-state index in [1.807, 2.05) is 0 Å². The van der Waals surface area contributed by atoms with Crippen LogP contribution in [0.2, 0.25) is 0 Å². The number of likely N-dealkylation sites (N-methyl/N-ethyl adjacent to an activating group) is 1. The lowest BCUT2D eigenvalue weighted by Gasteiger charge is -2.14. The van der Waals surface area contributed by atoms with Gasteiger partial charge in [0.25, 0.3) is 0 Å². The smallest absolute Gasteiger partial charge is 0.318 e. The van der Waals surface area contributed by atoms with E-state index >= 15 is 0 Å². The van der Waals surface area contributed by atoms with Crippen molar-refractivity contribution in [2.45, 2.75) is 12.7 Å². The molecule has 0 aromatic heterocycles. The third kappa shape index (κ3) is 3.78. The van der Waals surface area contributed by atoms with Gasteiger partial charge in [0, 0.05) is 7.05 Å². The SMILES string of the molecule is Cc1ccc(CS(=O)(=O)N(C)CC(=O)O)cc1F. The maximum absolute atomic E-state index is 13.3. The van der Waals surface area contributed by atoms with Crippen molar-refractivity contribution in [1.29, 1.82) is 0 Å². The van der Waals surface area contributed by atoms with Crippen molar-refractivity contribution in [3.8, 4) is 0 Å². The Kier molecular flexibility index (Phi) is 4.42. The fraction of sp³-hybridized carbons (Fsp3) is 0.364. The molecule has 0 fully saturated rings. The van der Waals surface area contributed by atoms with Gasteiger partial charge in [-0.3, -0.25) is 4.79 Å². The highest BCUT2D eigenvalue weighted by molar-refractivity contribution is 7.88. The van der Waals surface area contributed by atoms with E-state index in [1.165, 1.54) is 19.2 Å². The van der Waals surface area contributed by atoms with Crippen LogP contribution < -0.4 is 0 Å². The third-order valence-corrected chi connectivity index (χ3v) is 4.20. The number of nitrogens with zero attached hydrogens (tertiary/aromatic N) is 1. The molecule has 0 saturated heterocycles. The van der Waals surface area contributed by atoms with Crippen LogP contribution in [0.25, 0.3) is 0 Å². The summed E-state index contributed by atoms with van der Waals surface area (Å²) in [4.78, 5) is 10.4. The van der Waals surface area contributed by atoms with Gasteiger partial charge in [0.05, 0.1) is 5.75 Å². The number of aliphatic carboxylic acids is 1. The van der Waals surface area contributed by atoms with Gasteiger partial charge in [0.1, 0.15) is 12.4 Å². The number of benzene rings is 1. The summed E-state index contributed by atoms with van der Waals surface area (Å²) in [5.41, 5.74) is 0.713. The molecular formula is C11H14FNO4S. The first-order valence-electron chi connectivity index (χ1n) is 5.13. The first-order chi connectivity index (χ1) is 8.22. The second kappa shape index (κ2) is 5.45. The van der Waals surface area contributed by atoms with Crippen LogP contribution in [0.15, 0.2) is 18.2 Å². The van der Waals surface area contributed by atoms with Crippen LogP contribution in [-0.2, 0) is 20.6 Å². The molecule has 7 heteroatoms. The highest BCUT2D eigenvalue weighted by Gasteiger charge is 2.21. The number of hydrogen-bond donors (Lipinski definition) is 1. The molecule has 0 aliphatic carbocycles. The van der Waals surface area contributed by atoms with Crippen LogP contribution in [0, 0.1) is 12.7 Å². The van der Waals surface area contributed by atoms with Crippen molar-refractivity contribution in [3.05, 3.63) is 35.1 Å². The summed E-state index contributed by atoms with van der Waals surface area (Å²) in [6.07, 6.45) is 0. The van der Waals surface area contributed by atoms with E-state index in [0.29, 0.717) is 5.56 Å². The van der Waals surface area contributed by atoms with E-state index in [0.717, 1.165) is 10.4 Å². The van der Waals surface area contributed by atoms with Gasteiger partial charge >= 0.3 is 5.97 Å². The monoisotopic (exact) mass is 275 g/mol. The van der Waals surface area contributed by atoms with Gasteiger partial charge in [0.15, 0.2) is 0 Å². The lowest BCUT2D eigenvalue weighted by Crippen LogP contribution is -2.32. The van der Waals surface area contributed by atoms with Crippen LogP contribution in [0.3, 0.4) is 0 Å². The quantitative estimate of drug-likeness (QED) is 0.869. The Hall–Kier alpha value is -1.47. The molecule has 0 aliphatic rings. The van der Waals surface area contributed by atoms with Crippen LogP contribution >= 0.6 is 0 Å². The van der Waals surface area contributed by atoms with Crippen molar-refractivity contribution >= 4 is 16.0 Å². The Balaban J connectivity index is 2.88. The van der Waals surface area contributed by atoms with Crippen LogP contribution in [0.1, 0.15) is 11.1 Å². The minimum atomic E-state index is -3.75. The molecule has 0 atom stereocenters. The first kappa shape index (κ1) is 14.6. The number of hydrogen-bond acceptors (Lipinski definition) is 3. The standard InChI is InChI=1S/C11H14FNO4S/c1-8-3-4-9(5-10(8)12)7-18(16,17)13(2)6-11(14)15/h3-5H,6-7H2,1-2H3,(H,14,15). The molecule has 1 aromatic carbocycles. The van der Waals surface area contributed by atoms with E-state index in [4.69, 9.17) is 5.11 Å². The predicted molar refractivity (Wildman–Crippen MR) is 64.0 cm³/mol. The summed E-state index contributed by atoms with van der Waals surface area (Å²) in [5, 5.41) is 8.53. The third-order valence-electron chi connectivity index (χ3n) is 2.42. The van der Waals surface area contributed by atoms with E-state index in [2.05, 4.69) is 0 Å². The number of carboxylic acid groups (broad SMARTS) is 1. The van der Waals surface area contributed by atoms with E-state index in [1.54, 1.807) is 6.92 Å². The number of sulfonamides is 1. The maximum Gasteiger partial charge on any atom is 0.318 e. The maximum atomic E-state index is 13.3. The van der Waals surface area contributed by atoms with E-state index in [9.17, 15) is 17.6 Å². The summed E-state index contributed by atoms with van der Waals surface area (Å²) in [7, 11) is -2.58. The van der Waals surface area contributed by atoms with Gasteiger partial charge in [-0.15, -0.1) is 0 Å². The van der Waals surface area contributed by atoms with Crippen LogP contribution in [0.5, 0.6) is 0 Å². The van der Waals surface area contributed by atoms with Crippen LogP contribution in [0.4, 0.5) is 4.39 Å². The molecule has 0 saturated carbocycles. The Bertz CT molecular complexity index is 556. The Morgan fingerprint density at radius 3 is 2.56 bits per heavy atom. The molecule has 0 amide bonds. The average Bonchev–Trinajstić information content (AvgIpc) is 2.22. The molecular weight excluding hydrogens is 261 g/mol. The largest absolute Gasteiger partial charge is 0.480 e. The second-order valence-electron chi connectivity index (χ2n) is 3.99. The summed E-state index contributed by atoms with van der Waals surface area (Å²) in [5.74, 6) is -2.15. The van der Waals surface area contributed by atoms with Gasteiger partial charge in [-0.25, -0.2) is 12.8 Å². The lowest BCUT2D eigenvalue weighted by molar-refractivity contribution is -0.137. The van der Waals surface area contributed by atoms with E-state index in [-0.39, 0.29) is 5.56 Å². The number of carbonyl (C=O) groups is 1. The van der Waals surface area contributed by atoms with Gasteiger partial charge in [-0.2, -0.15) is 4.31 Å². The summed E-state index contributed by atoms with van der Waals surface area (Å²) >= 11 is 0. The average molecular weight is 275 g/mol. The topological polar surface area (TPSA) is 74.7 Å². The zero-order valence-electron chi connectivity index (χ0n) is 10.1. The molecule has 1 rings (SSSR count). The summed E-state index contributed by atoms with van der Waals surface area (Å²) in [6, 6.07) is 4.13. The minimum Gasteiger partial charge on any atom is -0.480 e. The molecule has 1 aromatic rings. The van der Waals surface area contributed by atoms with Crippen molar-refractivity contribution < 1.29 is 22.7 Å². The van der Waals surface area contributed by atoms with Crippen molar-refractivity contribution in [2.75, 3.05) is 13.6 Å². The second-order valence-corrected chi connectivity index (χ2v) is 6.07. The zero-order chi connectivity index (χ0) is 13.9. The molecule has 5 nitrogen and oxygen atoms in total. The minimum absolute atomic E-state index is 0.287. The van der Waals surface area contributed by atoms with Gasteiger partial charge < -0.3 is 5.11 Å². The molecule has 100 valence electrons. The first-order valence-corrected chi connectivity index (χ1v) is 6.74. The highest BCUT2D eigenvalue weighted by Crippen LogP contribution is 2.13. The fourth-order valence-corrected chi connectivity index (χ4v) is 2.46. The summed E-state index contributed by atoms with van der Waals surface area (Å²) < 4.78 is 37.5. The van der Waals surface area contributed by atoms with Crippen LogP contribution in [-0.4, -0.2) is 37.4 Å². The lowest BCUT2D eigenvalue weighted by atomic mass is 10.2. The zero-order valence-corrected chi connectivity index (χ0v) is 10.9. The molecule has 18 heavy (non-hydrogen) atoms. The predicted octanol–water partition coefficient (Wildman–Crippen LogP) is 0.980. The molecule has 0 bridgehead atoms. The Morgan fingerprint density at radius 1 is 1.44 bits per heavy atom.